The molecule has 0 aliphatic rings. The molecule has 0 aromatic heterocycles. The molecule has 0 saturated heterocycles. The van der Waals surface area contributed by atoms with Crippen molar-refractivity contribution >= 4 is 17.8 Å². The Labute approximate surface area is 74.6 Å². The van der Waals surface area contributed by atoms with Crippen molar-refractivity contribution in [3.63, 3.8) is 0 Å². The van der Waals surface area contributed by atoms with Crippen LogP contribution in [0.15, 0.2) is 0 Å². The van der Waals surface area contributed by atoms with E-state index in [4.69, 9.17) is 10.2 Å². The molecular formula is C7H11NO5. The second-order valence-electron chi connectivity index (χ2n) is 2.52. The molecule has 0 spiro atoms. The molecule has 3 N–H and O–H groups in total. The fourth-order valence-corrected chi connectivity index (χ4v) is 0.596. The van der Waals surface area contributed by atoms with Crippen molar-refractivity contribution in [2.45, 2.75) is 25.8 Å². The number of carbonyl (C=O) groups excluding carboxylic acids is 1. The average Bonchev–Trinajstić information content (AvgIpc) is 2.00. The van der Waals surface area contributed by atoms with E-state index in [1.54, 1.807) is 0 Å². The molecule has 74 valence electrons. The summed E-state index contributed by atoms with van der Waals surface area (Å²) in [6.45, 7) is 1.31. The van der Waals surface area contributed by atoms with Crippen molar-refractivity contribution in [3.8, 4) is 0 Å². The zero-order valence-corrected chi connectivity index (χ0v) is 7.11. The summed E-state index contributed by atoms with van der Waals surface area (Å²) in [6, 6.07) is -0.985. The third-order valence-electron chi connectivity index (χ3n) is 1.31. The maximum Gasteiger partial charge on any atom is 0.325 e. The molecule has 0 fully saturated rings. The predicted molar refractivity (Wildman–Crippen MR) is 42.1 cm³/mol. The predicted octanol–water partition coefficient (Wildman–Crippen LogP) is -0.559. The summed E-state index contributed by atoms with van der Waals surface area (Å²) in [7, 11) is 0. The highest BCUT2D eigenvalue weighted by atomic mass is 16.4. The van der Waals surface area contributed by atoms with Crippen molar-refractivity contribution < 1.29 is 24.6 Å². The summed E-state index contributed by atoms with van der Waals surface area (Å²) in [4.78, 5) is 31.1. The molecule has 13 heavy (non-hydrogen) atoms. The molecule has 0 saturated carbocycles. The van der Waals surface area contributed by atoms with Gasteiger partial charge < -0.3 is 15.5 Å². The van der Waals surface area contributed by atoms with Gasteiger partial charge in [-0.15, -0.1) is 0 Å². The Morgan fingerprint density at radius 3 is 2.15 bits per heavy atom. The number of nitrogens with one attached hydrogen (secondary N) is 1. The van der Waals surface area contributed by atoms with Gasteiger partial charge in [-0.3, -0.25) is 14.4 Å². The number of carboxylic acids is 2. The third-order valence-corrected chi connectivity index (χ3v) is 1.31. The van der Waals surface area contributed by atoms with E-state index in [1.165, 1.54) is 6.92 Å². The molecule has 0 aliphatic carbocycles. The van der Waals surface area contributed by atoms with Crippen LogP contribution in [0.3, 0.4) is 0 Å². The Morgan fingerprint density at radius 1 is 1.23 bits per heavy atom. The molecule has 0 heterocycles. The van der Waals surface area contributed by atoms with Crippen LogP contribution in [0, 0.1) is 0 Å². The lowest BCUT2D eigenvalue weighted by Gasteiger charge is -2.07. The number of rotatable bonds is 5. The first-order valence-corrected chi connectivity index (χ1v) is 3.67. The zero-order chi connectivity index (χ0) is 10.4. The molecule has 0 unspecified atom stereocenters. The zero-order valence-electron chi connectivity index (χ0n) is 7.11. The van der Waals surface area contributed by atoms with Gasteiger partial charge in [0.15, 0.2) is 0 Å². The number of amides is 1. The molecule has 0 aromatic rings. The van der Waals surface area contributed by atoms with E-state index >= 15 is 0 Å². The van der Waals surface area contributed by atoms with Crippen LogP contribution in [0.1, 0.15) is 19.8 Å². The first-order chi connectivity index (χ1) is 5.93. The smallest absolute Gasteiger partial charge is 0.325 e. The van der Waals surface area contributed by atoms with Crippen LogP contribution in [0.2, 0.25) is 0 Å². The Hall–Kier alpha value is -1.59. The summed E-state index contributed by atoms with van der Waals surface area (Å²) in [5.74, 6) is -2.81. The first-order valence-electron chi connectivity index (χ1n) is 3.67. The molecule has 0 radical (unpaired) electrons. The highest BCUT2D eigenvalue weighted by molar-refractivity contribution is 5.85. The summed E-state index contributed by atoms with van der Waals surface area (Å²) < 4.78 is 0. The summed E-state index contributed by atoms with van der Waals surface area (Å²) in [5.41, 5.74) is 0. The number of hydrogen-bond donors (Lipinski definition) is 3. The fourth-order valence-electron chi connectivity index (χ4n) is 0.596. The number of aliphatic carboxylic acids is 2. The number of hydrogen-bond acceptors (Lipinski definition) is 3. The van der Waals surface area contributed by atoms with Gasteiger partial charge in [-0.25, -0.2) is 0 Å². The first kappa shape index (κ1) is 11.4. The van der Waals surface area contributed by atoms with Crippen molar-refractivity contribution in [1.82, 2.24) is 5.32 Å². The van der Waals surface area contributed by atoms with Gasteiger partial charge in [0.2, 0.25) is 5.91 Å². The molecule has 0 aliphatic heterocycles. The molecule has 6 nitrogen and oxygen atoms in total. The van der Waals surface area contributed by atoms with Crippen molar-refractivity contribution in [2.75, 3.05) is 0 Å². The molecule has 1 amide bonds. The van der Waals surface area contributed by atoms with Gasteiger partial charge in [-0.05, 0) is 6.92 Å². The van der Waals surface area contributed by atoms with Crippen molar-refractivity contribution in [3.05, 3.63) is 0 Å². The molecule has 6 heteroatoms. The summed E-state index contributed by atoms with van der Waals surface area (Å²) in [5, 5.41) is 18.7. The maximum absolute atomic E-state index is 10.8. The van der Waals surface area contributed by atoms with Crippen LogP contribution in [0.5, 0.6) is 0 Å². The highest BCUT2D eigenvalue weighted by Crippen LogP contribution is 1.90. The second kappa shape index (κ2) is 5.13. The Balaban J connectivity index is 3.74. The minimum Gasteiger partial charge on any atom is -0.481 e. The fraction of sp³-hybridized carbons (Fsp3) is 0.571. The van der Waals surface area contributed by atoms with E-state index in [0.717, 1.165) is 0 Å². The largest absolute Gasteiger partial charge is 0.481 e. The van der Waals surface area contributed by atoms with Crippen LogP contribution in [0.4, 0.5) is 0 Å². The van der Waals surface area contributed by atoms with E-state index < -0.39 is 23.9 Å². The lowest BCUT2D eigenvalue weighted by molar-refractivity contribution is -0.141. The lowest BCUT2D eigenvalue weighted by Crippen LogP contribution is -2.38. The van der Waals surface area contributed by atoms with E-state index in [-0.39, 0.29) is 12.8 Å². The minimum atomic E-state index is -1.15. The Morgan fingerprint density at radius 2 is 1.77 bits per heavy atom. The van der Waals surface area contributed by atoms with Gasteiger partial charge in [0.1, 0.15) is 6.04 Å². The van der Waals surface area contributed by atoms with Gasteiger partial charge in [-0.2, -0.15) is 0 Å². The minimum absolute atomic E-state index is 0.201. The third kappa shape index (κ3) is 5.66. The maximum atomic E-state index is 10.8. The topological polar surface area (TPSA) is 104 Å². The van der Waals surface area contributed by atoms with Crippen LogP contribution in [0.25, 0.3) is 0 Å². The molecule has 0 bridgehead atoms. The summed E-state index contributed by atoms with van der Waals surface area (Å²) in [6.07, 6.45) is -0.495. The molecular weight excluding hydrogens is 178 g/mol. The van der Waals surface area contributed by atoms with Crippen molar-refractivity contribution in [1.29, 1.82) is 0 Å². The van der Waals surface area contributed by atoms with Crippen LogP contribution < -0.4 is 5.32 Å². The van der Waals surface area contributed by atoms with E-state index in [2.05, 4.69) is 5.32 Å². The average molecular weight is 189 g/mol. The molecule has 0 aromatic carbocycles. The normalized spacial score (nSPS) is 11.8. The van der Waals surface area contributed by atoms with Crippen LogP contribution in [-0.2, 0) is 14.4 Å². The Kier molecular flexibility index (Phi) is 4.50. The van der Waals surface area contributed by atoms with Gasteiger partial charge in [0.05, 0.1) is 6.42 Å². The quantitative estimate of drug-likeness (QED) is 0.537. The van der Waals surface area contributed by atoms with Crippen LogP contribution in [-0.4, -0.2) is 34.1 Å². The standard InChI is InChI=1S/C7H11NO5/c1-4(7(12)13)8-5(9)2-3-6(10)11/h4H,2-3H2,1H3,(H,8,9)(H,10,11)(H,12,13)/t4-/m1/s1. The summed E-state index contributed by atoms with van der Waals surface area (Å²) >= 11 is 0. The number of carboxylic acid groups (broad SMARTS) is 2. The highest BCUT2D eigenvalue weighted by Gasteiger charge is 2.14. The van der Waals surface area contributed by atoms with E-state index in [0.29, 0.717) is 0 Å². The second-order valence-corrected chi connectivity index (χ2v) is 2.52. The SMILES string of the molecule is C[C@@H](NC(=O)CCC(=O)O)C(=O)O. The van der Waals surface area contributed by atoms with E-state index in [1.807, 2.05) is 0 Å². The van der Waals surface area contributed by atoms with Crippen LogP contribution >= 0.6 is 0 Å². The molecule has 1 atom stereocenters. The Bertz CT molecular complexity index is 225. The van der Waals surface area contributed by atoms with Gasteiger partial charge >= 0.3 is 11.9 Å². The van der Waals surface area contributed by atoms with Crippen molar-refractivity contribution in [2.24, 2.45) is 0 Å². The monoisotopic (exact) mass is 189 g/mol. The molecule has 0 rings (SSSR count). The van der Waals surface area contributed by atoms with E-state index in [9.17, 15) is 14.4 Å². The van der Waals surface area contributed by atoms with Gasteiger partial charge in [0, 0.05) is 6.42 Å². The van der Waals surface area contributed by atoms with Gasteiger partial charge in [0.25, 0.3) is 0 Å². The van der Waals surface area contributed by atoms with Gasteiger partial charge in [-0.1, -0.05) is 0 Å². The lowest BCUT2D eigenvalue weighted by atomic mass is 10.2. The number of carbonyl (C=O) groups is 3.